The average molecular weight is 535 g/mol. The summed E-state index contributed by atoms with van der Waals surface area (Å²) < 4.78 is 47.3. The molecule has 0 unspecified atom stereocenters. The van der Waals surface area contributed by atoms with E-state index >= 15 is 0 Å². The minimum Gasteiger partial charge on any atom is -0.494 e. The van der Waals surface area contributed by atoms with Crippen LogP contribution in [0.2, 0.25) is 0 Å². The van der Waals surface area contributed by atoms with Gasteiger partial charge in [-0.25, -0.2) is 12.8 Å². The lowest BCUT2D eigenvalue weighted by Gasteiger charge is -2.25. The monoisotopic (exact) mass is 534 g/mol. The number of amides is 1. The van der Waals surface area contributed by atoms with E-state index in [4.69, 9.17) is 4.74 Å². The first-order valence-electron chi connectivity index (χ1n) is 10.3. The molecule has 3 aromatic carbocycles. The molecular weight excluding hydrogens is 511 g/mol. The maximum Gasteiger partial charge on any atom is 0.264 e. The molecule has 1 N–H and O–H groups in total. The Bertz CT molecular complexity index is 1180. The molecule has 0 aliphatic heterocycles. The Labute approximate surface area is 201 Å². The van der Waals surface area contributed by atoms with Crippen LogP contribution in [0.15, 0.2) is 82.2 Å². The van der Waals surface area contributed by atoms with Gasteiger partial charge in [-0.2, -0.15) is 0 Å². The lowest BCUT2D eigenvalue weighted by molar-refractivity contribution is -0.120. The summed E-state index contributed by atoms with van der Waals surface area (Å²) in [5.41, 5.74) is 1.03. The lowest BCUT2D eigenvalue weighted by atomic mass is 10.1. The number of carbonyl (C=O) groups excluding carboxylic acids is 1. The number of nitrogens with one attached hydrogen (secondary N) is 1. The maximum absolute atomic E-state index is 13.4. The largest absolute Gasteiger partial charge is 0.494 e. The highest BCUT2D eigenvalue weighted by Gasteiger charge is 2.28. The summed E-state index contributed by atoms with van der Waals surface area (Å²) in [6, 6.07) is 18.0. The quantitative estimate of drug-likeness (QED) is 0.416. The number of ether oxygens (including phenoxy) is 1. The second kappa shape index (κ2) is 10.8. The molecule has 0 saturated carbocycles. The van der Waals surface area contributed by atoms with Gasteiger partial charge in [0, 0.05) is 4.47 Å². The van der Waals surface area contributed by atoms with E-state index in [9.17, 15) is 17.6 Å². The lowest BCUT2D eigenvalue weighted by Crippen LogP contribution is -2.41. The molecule has 0 saturated heterocycles. The van der Waals surface area contributed by atoms with Gasteiger partial charge in [0.1, 0.15) is 18.1 Å². The third-order valence-corrected chi connectivity index (χ3v) is 7.19. The van der Waals surface area contributed by atoms with Crippen molar-refractivity contribution in [3.05, 3.63) is 88.6 Å². The highest BCUT2D eigenvalue weighted by atomic mass is 79.9. The van der Waals surface area contributed by atoms with Crippen molar-refractivity contribution in [1.82, 2.24) is 5.32 Å². The number of hydrogen-bond donors (Lipinski definition) is 1. The van der Waals surface area contributed by atoms with Crippen LogP contribution in [0.25, 0.3) is 0 Å². The molecule has 1 atom stereocenters. The van der Waals surface area contributed by atoms with Gasteiger partial charge in [0.05, 0.1) is 23.2 Å². The number of halogens is 2. The van der Waals surface area contributed by atoms with Crippen molar-refractivity contribution in [1.29, 1.82) is 0 Å². The fourth-order valence-electron chi connectivity index (χ4n) is 3.18. The molecule has 0 aliphatic carbocycles. The number of rotatable bonds is 9. The highest BCUT2D eigenvalue weighted by molar-refractivity contribution is 9.10. The minimum absolute atomic E-state index is 0.0546. The van der Waals surface area contributed by atoms with Gasteiger partial charge in [-0.05, 0) is 80.1 Å². The van der Waals surface area contributed by atoms with E-state index in [0.29, 0.717) is 23.6 Å². The van der Waals surface area contributed by atoms with Crippen molar-refractivity contribution in [2.24, 2.45) is 0 Å². The summed E-state index contributed by atoms with van der Waals surface area (Å²) >= 11 is 3.30. The molecular formula is C24H24BrFN2O4S. The van der Waals surface area contributed by atoms with E-state index in [1.165, 1.54) is 24.3 Å². The molecule has 9 heteroatoms. The van der Waals surface area contributed by atoms with E-state index in [-0.39, 0.29) is 10.7 Å². The van der Waals surface area contributed by atoms with Crippen LogP contribution in [0.4, 0.5) is 10.1 Å². The Morgan fingerprint density at radius 1 is 1.03 bits per heavy atom. The molecule has 3 aromatic rings. The van der Waals surface area contributed by atoms with Gasteiger partial charge in [0.15, 0.2) is 0 Å². The van der Waals surface area contributed by atoms with Crippen molar-refractivity contribution in [3.8, 4) is 5.75 Å². The van der Waals surface area contributed by atoms with E-state index in [1.54, 1.807) is 55.5 Å². The zero-order valence-electron chi connectivity index (χ0n) is 18.2. The summed E-state index contributed by atoms with van der Waals surface area (Å²) in [6.07, 6.45) is 0. The Balaban J connectivity index is 1.88. The predicted octanol–water partition coefficient (Wildman–Crippen LogP) is 5.06. The molecule has 174 valence electrons. The molecule has 0 aliphatic rings. The summed E-state index contributed by atoms with van der Waals surface area (Å²) in [6.45, 7) is 3.64. The van der Waals surface area contributed by atoms with Crippen LogP contribution in [0.1, 0.15) is 25.5 Å². The predicted molar refractivity (Wildman–Crippen MR) is 129 cm³/mol. The van der Waals surface area contributed by atoms with Crippen LogP contribution in [0.5, 0.6) is 5.75 Å². The van der Waals surface area contributed by atoms with Gasteiger partial charge in [-0.3, -0.25) is 9.10 Å². The molecule has 1 amide bonds. The maximum atomic E-state index is 13.4. The molecule has 33 heavy (non-hydrogen) atoms. The van der Waals surface area contributed by atoms with Crippen molar-refractivity contribution in [2.75, 3.05) is 17.5 Å². The number of hydrogen-bond acceptors (Lipinski definition) is 4. The summed E-state index contributed by atoms with van der Waals surface area (Å²) in [7, 11) is -4.04. The Kier molecular flexibility index (Phi) is 8.10. The molecule has 3 rings (SSSR count). The van der Waals surface area contributed by atoms with Gasteiger partial charge in [-0.1, -0.05) is 28.1 Å². The second-order valence-corrected chi connectivity index (χ2v) is 10.0. The first-order chi connectivity index (χ1) is 15.7. The molecule has 0 bridgehead atoms. The first-order valence-corrected chi connectivity index (χ1v) is 12.5. The molecule has 0 heterocycles. The molecule has 0 radical (unpaired) electrons. The SMILES string of the molecule is CCOc1ccc(N(CC(=O)N[C@@H](C)c2ccc(F)cc2)S(=O)(=O)c2ccc(Br)cc2)cc1. The average Bonchev–Trinajstić information content (AvgIpc) is 2.79. The highest BCUT2D eigenvalue weighted by Crippen LogP contribution is 2.27. The van der Waals surface area contributed by atoms with Crippen LogP contribution in [0, 0.1) is 5.82 Å². The third kappa shape index (κ3) is 6.33. The zero-order chi connectivity index (χ0) is 24.0. The summed E-state index contributed by atoms with van der Waals surface area (Å²) in [5.74, 6) is -0.280. The van der Waals surface area contributed by atoms with E-state index in [1.807, 2.05) is 6.92 Å². The number of nitrogens with zero attached hydrogens (tertiary/aromatic N) is 1. The van der Waals surface area contributed by atoms with Crippen molar-refractivity contribution in [3.63, 3.8) is 0 Å². The van der Waals surface area contributed by atoms with Crippen LogP contribution in [0.3, 0.4) is 0 Å². The van der Waals surface area contributed by atoms with Gasteiger partial charge >= 0.3 is 0 Å². The van der Waals surface area contributed by atoms with Crippen molar-refractivity contribution < 1.29 is 22.3 Å². The van der Waals surface area contributed by atoms with E-state index in [2.05, 4.69) is 21.2 Å². The Hall–Kier alpha value is -2.91. The minimum atomic E-state index is -4.04. The molecule has 0 aromatic heterocycles. The normalized spacial score (nSPS) is 12.1. The third-order valence-electron chi connectivity index (χ3n) is 4.87. The van der Waals surface area contributed by atoms with Gasteiger partial charge in [0.2, 0.25) is 5.91 Å². The fourth-order valence-corrected chi connectivity index (χ4v) is 4.86. The summed E-state index contributed by atoms with van der Waals surface area (Å²) in [5, 5.41) is 2.78. The molecule has 0 fully saturated rings. The Morgan fingerprint density at radius 2 is 1.64 bits per heavy atom. The van der Waals surface area contributed by atoms with Crippen LogP contribution < -0.4 is 14.4 Å². The van der Waals surface area contributed by atoms with Crippen LogP contribution >= 0.6 is 15.9 Å². The van der Waals surface area contributed by atoms with Gasteiger partial charge in [-0.15, -0.1) is 0 Å². The number of benzene rings is 3. The summed E-state index contributed by atoms with van der Waals surface area (Å²) in [4.78, 5) is 12.9. The molecule has 6 nitrogen and oxygen atoms in total. The van der Waals surface area contributed by atoms with Gasteiger partial charge < -0.3 is 10.1 Å². The second-order valence-electron chi connectivity index (χ2n) is 7.23. The zero-order valence-corrected chi connectivity index (χ0v) is 20.6. The smallest absolute Gasteiger partial charge is 0.264 e. The fraction of sp³-hybridized carbons (Fsp3) is 0.208. The van der Waals surface area contributed by atoms with E-state index < -0.39 is 28.5 Å². The Morgan fingerprint density at radius 3 is 2.21 bits per heavy atom. The van der Waals surface area contributed by atoms with Crippen molar-refractivity contribution >= 4 is 37.5 Å². The first kappa shape index (κ1) is 24.7. The number of sulfonamides is 1. The molecule has 0 spiro atoms. The van der Waals surface area contributed by atoms with Crippen LogP contribution in [-0.2, 0) is 14.8 Å². The van der Waals surface area contributed by atoms with E-state index in [0.717, 1.165) is 8.78 Å². The standard InChI is InChI=1S/C24H24BrFN2O4S/c1-3-32-22-12-10-21(11-13-22)28(33(30,31)23-14-6-19(25)7-15-23)16-24(29)27-17(2)18-4-8-20(26)9-5-18/h4-15,17H,3,16H2,1-2H3,(H,27,29)/t17-/m0/s1. The number of carbonyl (C=O) groups is 1. The number of anilines is 1. The van der Waals surface area contributed by atoms with Gasteiger partial charge in [0.25, 0.3) is 10.0 Å². The van der Waals surface area contributed by atoms with Crippen LogP contribution in [-0.4, -0.2) is 27.5 Å². The van der Waals surface area contributed by atoms with Crippen molar-refractivity contribution in [2.45, 2.75) is 24.8 Å². The topological polar surface area (TPSA) is 75.7 Å².